The highest BCUT2D eigenvalue weighted by atomic mass is 19.4. The quantitative estimate of drug-likeness (QED) is 0.689. The molecule has 0 bridgehead atoms. The van der Waals surface area contributed by atoms with E-state index in [-0.39, 0.29) is 17.0 Å². The van der Waals surface area contributed by atoms with Gasteiger partial charge in [0.05, 0.1) is 18.9 Å². The zero-order valence-electron chi connectivity index (χ0n) is 12.7. The summed E-state index contributed by atoms with van der Waals surface area (Å²) in [6, 6.07) is 14.3. The molecule has 3 nitrogen and oxygen atoms in total. The van der Waals surface area contributed by atoms with Crippen LogP contribution in [0.25, 0.3) is 22.6 Å². The number of rotatable bonds is 3. The second kappa shape index (κ2) is 6.31. The predicted molar refractivity (Wildman–Crippen MR) is 84.5 cm³/mol. The molecule has 24 heavy (non-hydrogen) atoms. The number of ether oxygens (including phenoxy) is 1. The first kappa shape index (κ1) is 16.0. The lowest BCUT2D eigenvalue weighted by Crippen LogP contribution is -2.08. The Kier molecular flexibility index (Phi) is 4.20. The van der Waals surface area contributed by atoms with E-state index in [4.69, 9.17) is 4.74 Å². The fourth-order valence-electron chi connectivity index (χ4n) is 2.38. The number of aromatic nitrogens is 2. The number of halogens is 3. The van der Waals surface area contributed by atoms with Gasteiger partial charge in [0.25, 0.3) is 0 Å². The van der Waals surface area contributed by atoms with Gasteiger partial charge in [0.15, 0.2) is 11.6 Å². The highest BCUT2D eigenvalue weighted by molar-refractivity contribution is 5.72. The van der Waals surface area contributed by atoms with E-state index in [9.17, 15) is 13.2 Å². The molecule has 0 unspecified atom stereocenters. The molecule has 0 amide bonds. The highest BCUT2D eigenvalue weighted by Crippen LogP contribution is 2.39. The van der Waals surface area contributed by atoms with Crippen molar-refractivity contribution < 1.29 is 17.9 Å². The van der Waals surface area contributed by atoms with E-state index in [1.807, 2.05) is 18.2 Å². The Labute approximate surface area is 136 Å². The molecule has 0 radical (unpaired) electrons. The average molecular weight is 330 g/mol. The number of benzene rings is 2. The SMILES string of the molecule is COc1cnc(-c2ccccc2)nc1-c1ccccc1C(F)(F)F. The lowest BCUT2D eigenvalue weighted by molar-refractivity contribution is -0.137. The summed E-state index contributed by atoms with van der Waals surface area (Å²) >= 11 is 0. The van der Waals surface area contributed by atoms with Gasteiger partial charge in [0.1, 0.15) is 5.69 Å². The van der Waals surface area contributed by atoms with Crippen molar-refractivity contribution in [2.75, 3.05) is 7.11 Å². The van der Waals surface area contributed by atoms with Gasteiger partial charge < -0.3 is 4.74 Å². The van der Waals surface area contributed by atoms with Crippen molar-refractivity contribution in [3.63, 3.8) is 0 Å². The Morgan fingerprint density at radius 2 is 1.58 bits per heavy atom. The Balaban J connectivity index is 2.21. The number of nitrogens with zero attached hydrogens (tertiary/aromatic N) is 2. The van der Waals surface area contributed by atoms with Crippen molar-refractivity contribution in [2.45, 2.75) is 6.18 Å². The summed E-state index contributed by atoms with van der Waals surface area (Å²) in [5.74, 6) is 0.523. The fourth-order valence-corrected chi connectivity index (χ4v) is 2.38. The third-order valence-electron chi connectivity index (χ3n) is 3.49. The number of hydrogen-bond donors (Lipinski definition) is 0. The molecule has 0 aliphatic rings. The molecule has 0 aliphatic heterocycles. The molecule has 3 rings (SSSR count). The van der Waals surface area contributed by atoms with Gasteiger partial charge in [-0.3, -0.25) is 0 Å². The maximum Gasteiger partial charge on any atom is 0.417 e. The van der Waals surface area contributed by atoms with Crippen LogP contribution in [-0.2, 0) is 6.18 Å². The molecule has 0 saturated carbocycles. The molecule has 0 spiro atoms. The first-order valence-corrected chi connectivity index (χ1v) is 7.14. The van der Waals surface area contributed by atoms with Crippen molar-refractivity contribution >= 4 is 0 Å². The van der Waals surface area contributed by atoms with Gasteiger partial charge in [0.2, 0.25) is 0 Å². The van der Waals surface area contributed by atoms with E-state index in [2.05, 4.69) is 9.97 Å². The second-order valence-corrected chi connectivity index (χ2v) is 5.02. The molecule has 122 valence electrons. The molecule has 0 atom stereocenters. The minimum absolute atomic E-state index is 0.0403. The molecular weight excluding hydrogens is 317 g/mol. The number of alkyl halides is 3. The smallest absolute Gasteiger partial charge is 0.417 e. The zero-order chi connectivity index (χ0) is 17.2. The van der Waals surface area contributed by atoms with Crippen LogP contribution in [0.4, 0.5) is 13.2 Å². The van der Waals surface area contributed by atoms with Gasteiger partial charge in [-0.15, -0.1) is 0 Å². The number of hydrogen-bond acceptors (Lipinski definition) is 3. The Morgan fingerprint density at radius 1 is 0.917 bits per heavy atom. The van der Waals surface area contributed by atoms with Crippen LogP contribution in [0.5, 0.6) is 5.75 Å². The van der Waals surface area contributed by atoms with Gasteiger partial charge in [-0.05, 0) is 6.07 Å². The van der Waals surface area contributed by atoms with E-state index in [0.29, 0.717) is 11.4 Å². The van der Waals surface area contributed by atoms with Crippen LogP contribution in [0.15, 0.2) is 60.8 Å². The molecule has 2 aromatic carbocycles. The molecule has 0 aliphatic carbocycles. The van der Waals surface area contributed by atoms with Crippen LogP contribution < -0.4 is 4.74 Å². The van der Waals surface area contributed by atoms with E-state index in [1.54, 1.807) is 12.1 Å². The summed E-state index contributed by atoms with van der Waals surface area (Å²) in [5, 5.41) is 0. The maximum atomic E-state index is 13.3. The summed E-state index contributed by atoms with van der Waals surface area (Å²) in [7, 11) is 1.38. The summed E-state index contributed by atoms with van der Waals surface area (Å²) in [5.41, 5.74) is 0.0209. The minimum atomic E-state index is -4.49. The van der Waals surface area contributed by atoms with E-state index in [0.717, 1.165) is 6.07 Å². The molecule has 0 fully saturated rings. The Bertz CT molecular complexity index is 848. The van der Waals surface area contributed by atoms with Gasteiger partial charge in [-0.25, -0.2) is 9.97 Å². The summed E-state index contributed by atoms with van der Waals surface area (Å²) in [6.45, 7) is 0. The van der Waals surface area contributed by atoms with E-state index in [1.165, 1.54) is 31.5 Å². The van der Waals surface area contributed by atoms with Crippen LogP contribution in [0.3, 0.4) is 0 Å². The van der Waals surface area contributed by atoms with Crippen molar-refractivity contribution in [3.05, 3.63) is 66.4 Å². The van der Waals surface area contributed by atoms with Crippen LogP contribution in [-0.4, -0.2) is 17.1 Å². The van der Waals surface area contributed by atoms with Crippen LogP contribution >= 0.6 is 0 Å². The van der Waals surface area contributed by atoms with Crippen LogP contribution in [0.1, 0.15) is 5.56 Å². The molecule has 0 N–H and O–H groups in total. The second-order valence-electron chi connectivity index (χ2n) is 5.02. The number of methoxy groups -OCH3 is 1. The normalized spacial score (nSPS) is 11.3. The summed E-state index contributed by atoms with van der Waals surface area (Å²) in [4.78, 5) is 8.50. The first-order valence-electron chi connectivity index (χ1n) is 7.14. The van der Waals surface area contributed by atoms with Gasteiger partial charge in [-0.2, -0.15) is 13.2 Å². The van der Waals surface area contributed by atoms with E-state index >= 15 is 0 Å². The predicted octanol–water partition coefficient (Wildman–Crippen LogP) is 4.84. The largest absolute Gasteiger partial charge is 0.493 e. The minimum Gasteiger partial charge on any atom is -0.493 e. The molecular formula is C18H13F3N2O. The van der Waals surface area contributed by atoms with Crippen molar-refractivity contribution in [3.8, 4) is 28.4 Å². The zero-order valence-corrected chi connectivity index (χ0v) is 12.7. The lowest BCUT2D eigenvalue weighted by Gasteiger charge is -2.15. The fraction of sp³-hybridized carbons (Fsp3) is 0.111. The topological polar surface area (TPSA) is 35.0 Å². The molecule has 6 heteroatoms. The van der Waals surface area contributed by atoms with Crippen LogP contribution in [0, 0.1) is 0 Å². The molecule has 0 saturated heterocycles. The lowest BCUT2D eigenvalue weighted by atomic mass is 10.0. The van der Waals surface area contributed by atoms with Crippen LogP contribution in [0.2, 0.25) is 0 Å². The molecule has 1 aromatic heterocycles. The van der Waals surface area contributed by atoms with Gasteiger partial charge >= 0.3 is 6.18 Å². The van der Waals surface area contributed by atoms with Crippen molar-refractivity contribution in [1.82, 2.24) is 9.97 Å². The Morgan fingerprint density at radius 3 is 2.25 bits per heavy atom. The molecule has 1 heterocycles. The first-order chi connectivity index (χ1) is 11.5. The monoisotopic (exact) mass is 330 g/mol. The van der Waals surface area contributed by atoms with E-state index < -0.39 is 11.7 Å². The summed E-state index contributed by atoms with van der Waals surface area (Å²) in [6.07, 6.45) is -3.10. The van der Waals surface area contributed by atoms with Crippen molar-refractivity contribution in [2.24, 2.45) is 0 Å². The third-order valence-corrected chi connectivity index (χ3v) is 3.49. The standard InChI is InChI=1S/C18H13F3N2O/c1-24-15-11-22-17(12-7-3-2-4-8-12)23-16(15)13-9-5-6-10-14(13)18(19,20)21/h2-11H,1H3. The highest BCUT2D eigenvalue weighted by Gasteiger charge is 2.34. The van der Waals surface area contributed by atoms with Gasteiger partial charge in [-0.1, -0.05) is 48.5 Å². The average Bonchev–Trinajstić information content (AvgIpc) is 2.61. The maximum absolute atomic E-state index is 13.3. The Hall–Kier alpha value is -2.89. The molecule has 3 aromatic rings. The summed E-state index contributed by atoms with van der Waals surface area (Å²) < 4.78 is 45.1. The van der Waals surface area contributed by atoms with Crippen molar-refractivity contribution in [1.29, 1.82) is 0 Å². The third kappa shape index (κ3) is 3.08. The van der Waals surface area contributed by atoms with Gasteiger partial charge in [0, 0.05) is 11.1 Å².